The van der Waals surface area contributed by atoms with E-state index in [1.807, 2.05) is 36.4 Å². The van der Waals surface area contributed by atoms with Crippen molar-refractivity contribution in [2.24, 2.45) is 0 Å². The zero-order chi connectivity index (χ0) is 15.8. The molecule has 1 aromatic heterocycles. The lowest BCUT2D eigenvalue weighted by molar-refractivity contribution is 0.0628. The van der Waals surface area contributed by atoms with Gasteiger partial charge in [0.1, 0.15) is 5.69 Å². The fourth-order valence-electron chi connectivity index (χ4n) is 3.95. The van der Waals surface area contributed by atoms with Gasteiger partial charge < -0.3 is 4.90 Å². The largest absolute Gasteiger partial charge is 0.331 e. The molecule has 2 aliphatic rings. The molecular formula is C19H21N3O. The van der Waals surface area contributed by atoms with E-state index in [4.69, 9.17) is 0 Å². The molecule has 3 heterocycles. The topological polar surface area (TPSA) is 49.0 Å². The monoisotopic (exact) mass is 307 g/mol. The van der Waals surface area contributed by atoms with Crippen molar-refractivity contribution in [1.29, 1.82) is 0 Å². The number of piperidine rings is 1. The highest BCUT2D eigenvalue weighted by molar-refractivity contribution is 5.94. The Labute approximate surface area is 136 Å². The van der Waals surface area contributed by atoms with Gasteiger partial charge >= 0.3 is 0 Å². The van der Waals surface area contributed by atoms with Crippen molar-refractivity contribution in [1.82, 2.24) is 15.1 Å². The van der Waals surface area contributed by atoms with Crippen molar-refractivity contribution in [2.75, 3.05) is 0 Å². The SMILES string of the molecule is CC=C1CC2CCC(C1)N2C(=O)c1cc(-c2ccccc2)n[nH]1. The lowest BCUT2D eigenvalue weighted by Gasteiger charge is -2.35. The number of H-pyrrole nitrogens is 1. The van der Waals surface area contributed by atoms with E-state index in [1.165, 1.54) is 5.57 Å². The van der Waals surface area contributed by atoms with Gasteiger partial charge in [-0.3, -0.25) is 9.89 Å². The lowest BCUT2D eigenvalue weighted by atomic mass is 9.96. The first kappa shape index (κ1) is 14.2. The summed E-state index contributed by atoms with van der Waals surface area (Å²) in [6, 6.07) is 12.5. The van der Waals surface area contributed by atoms with E-state index < -0.39 is 0 Å². The highest BCUT2D eigenvalue weighted by Crippen LogP contribution is 2.39. The standard InChI is InChI=1S/C19H21N3O/c1-2-13-10-15-8-9-16(11-13)22(15)19(23)18-12-17(20-21-18)14-6-4-3-5-7-14/h2-7,12,15-16H,8-11H2,1H3,(H,20,21). The fourth-order valence-corrected chi connectivity index (χ4v) is 3.95. The minimum absolute atomic E-state index is 0.0994. The number of hydrogen-bond acceptors (Lipinski definition) is 2. The molecule has 118 valence electrons. The molecule has 0 saturated carbocycles. The van der Waals surface area contributed by atoms with Crippen molar-refractivity contribution in [2.45, 2.75) is 44.7 Å². The Kier molecular flexibility index (Phi) is 3.52. The third kappa shape index (κ3) is 2.48. The molecule has 4 heteroatoms. The van der Waals surface area contributed by atoms with Crippen LogP contribution in [-0.2, 0) is 0 Å². The van der Waals surface area contributed by atoms with Gasteiger partial charge in [0.05, 0.1) is 5.69 Å². The molecule has 1 aromatic carbocycles. The molecule has 1 N–H and O–H groups in total. The molecule has 2 atom stereocenters. The number of rotatable bonds is 2. The molecule has 0 spiro atoms. The molecule has 4 nitrogen and oxygen atoms in total. The van der Waals surface area contributed by atoms with Crippen LogP contribution in [0.4, 0.5) is 0 Å². The summed E-state index contributed by atoms with van der Waals surface area (Å²) in [6.07, 6.45) is 6.51. The first-order valence-electron chi connectivity index (χ1n) is 8.34. The van der Waals surface area contributed by atoms with E-state index in [9.17, 15) is 4.79 Å². The number of allylic oxidation sites excluding steroid dienone is 1. The average Bonchev–Trinajstić information content (AvgIpc) is 3.18. The predicted octanol–water partition coefficient (Wildman–Crippen LogP) is 3.79. The van der Waals surface area contributed by atoms with Crippen LogP contribution in [-0.4, -0.2) is 33.1 Å². The first-order valence-corrected chi connectivity index (χ1v) is 8.34. The first-order chi connectivity index (χ1) is 11.3. The van der Waals surface area contributed by atoms with Crippen LogP contribution in [0, 0.1) is 0 Å². The van der Waals surface area contributed by atoms with Crippen LogP contribution >= 0.6 is 0 Å². The van der Waals surface area contributed by atoms with E-state index in [0.717, 1.165) is 36.9 Å². The van der Waals surface area contributed by atoms with Gasteiger partial charge in [-0.1, -0.05) is 42.0 Å². The van der Waals surface area contributed by atoms with Gasteiger partial charge in [0.15, 0.2) is 0 Å². The average molecular weight is 307 g/mol. The Morgan fingerprint density at radius 1 is 1.22 bits per heavy atom. The second-order valence-corrected chi connectivity index (χ2v) is 6.49. The molecule has 2 unspecified atom stereocenters. The van der Waals surface area contributed by atoms with E-state index in [0.29, 0.717) is 17.8 Å². The summed E-state index contributed by atoms with van der Waals surface area (Å²) in [5, 5.41) is 7.26. The summed E-state index contributed by atoms with van der Waals surface area (Å²) in [5.74, 6) is 0.0994. The van der Waals surface area contributed by atoms with Crippen LogP contribution in [0.2, 0.25) is 0 Å². The fraction of sp³-hybridized carbons (Fsp3) is 0.368. The maximum absolute atomic E-state index is 12.9. The molecule has 0 aliphatic carbocycles. The normalized spacial score (nSPS) is 23.2. The second-order valence-electron chi connectivity index (χ2n) is 6.49. The Morgan fingerprint density at radius 3 is 2.57 bits per heavy atom. The van der Waals surface area contributed by atoms with Crippen molar-refractivity contribution >= 4 is 5.91 Å². The van der Waals surface area contributed by atoms with E-state index in [1.54, 1.807) is 0 Å². The Hall–Kier alpha value is -2.36. The molecule has 2 aliphatic heterocycles. The van der Waals surface area contributed by atoms with E-state index in [-0.39, 0.29) is 5.91 Å². The van der Waals surface area contributed by atoms with Gasteiger partial charge in [-0.25, -0.2) is 0 Å². The van der Waals surface area contributed by atoms with Crippen LogP contribution in [0.5, 0.6) is 0 Å². The number of carbonyl (C=O) groups is 1. The van der Waals surface area contributed by atoms with Crippen LogP contribution in [0.1, 0.15) is 43.1 Å². The summed E-state index contributed by atoms with van der Waals surface area (Å²) >= 11 is 0. The summed E-state index contributed by atoms with van der Waals surface area (Å²) in [4.78, 5) is 15.0. The highest BCUT2D eigenvalue weighted by atomic mass is 16.2. The van der Waals surface area contributed by atoms with Crippen LogP contribution < -0.4 is 0 Å². The van der Waals surface area contributed by atoms with Gasteiger partial charge in [0.25, 0.3) is 5.91 Å². The Morgan fingerprint density at radius 2 is 1.91 bits per heavy atom. The Balaban J connectivity index is 1.58. The number of benzene rings is 1. The molecule has 1 amide bonds. The lowest BCUT2D eigenvalue weighted by Crippen LogP contribution is -2.44. The number of nitrogens with one attached hydrogen (secondary N) is 1. The maximum Gasteiger partial charge on any atom is 0.272 e. The number of fused-ring (bicyclic) bond motifs is 2. The maximum atomic E-state index is 12.9. The quantitative estimate of drug-likeness (QED) is 0.858. The second kappa shape index (κ2) is 5.69. The van der Waals surface area contributed by atoms with Crippen molar-refractivity contribution in [3.63, 3.8) is 0 Å². The molecule has 2 saturated heterocycles. The molecule has 0 radical (unpaired) electrons. The number of nitrogens with zero attached hydrogens (tertiary/aromatic N) is 2. The van der Waals surface area contributed by atoms with Gasteiger partial charge in [0.2, 0.25) is 0 Å². The minimum Gasteiger partial charge on any atom is -0.331 e. The summed E-state index contributed by atoms with van der Waals surface area (Å²) in [5.41, 5.74) is 3.95. The molecule has 2 aromatic rings. The van der Waals surface area contributed by atoms with Gasteiger partial charge in [-0.15, -0.1) is 0 Å². The molecular weight excluding hydrogens is 286 g/mol. The number of carbonyl (C=O) groups excluding carboxylic acids is 1. The third-order valence-corrected chi connectivity index (χ3v) is 5.14. The zero-order valence-electron chi connectivity index (χ0n) is 13.3. The minimum atomic E-state index is 0.0994. The summed E-state index contributed by atoms with van der Waals surface area (Å²) in [7, 11) is 0. The van der Waals surface area contributed by atoms with E-state index in [2.05, 4.69) is 28.1 Å². The number of amides is 1. The predicted molar refractivity (Wildman–Crippen MR) is 90.0 cm³/mol. The molecule has 2 bridgehead atoms. The number of aromatic amines is 1. The summed E-state index contributed by atoms with van der Waals surface area (Å²) in [6.45, 7) is 2.10. The smallest absolute Gasteiger partial charge is 0.272 e. The van der Waals surface area contributed by atoms with Crippen LogP contribution in [0.3, 0.4) is 0 Å². The van der Waals surface area contributed by atoms with Gasteiger partial charge in [-0.2, -0.15) is 5.10 Å². The molecule has 2 fully saturated rings. The summed E-state index contributed by atoms with van der Waals surface area (Å²) < 4.78 is 0. The van der Waals surface area contributed by atoms with Crippen molar-refractivity contribution < 1.29 is 4.79 Å². The van der Waals surface area contributed by atoms with Crippen LogP contribution in [0.15, 0.2) is 48.0 Å². The molecule has 23 heavy (non-hydrogen) atoms. The van der Waals surface area contributed by atoms with Crippen molar-refractivity contribution in [3.8, 4) is 11.3 Å². The van der Waals surface area contributed by atoms with Gasteiger partial charge in [-0.05, 0) is 38.7 Å². The highest BCUT2D eigenvalue weighted by Gasteiger charge is 2.41. The Bertz CT molecular complexity index is 731. The molecule has 4 rings (SSSR count). The number of hydrogen-bond donors (Lipinski definition) is 1. The van der Waals surface area contributed by atoms with E-state index >= 15 is 0 Å². The zero-order valence-corrected chi connectivity index (χ0v) is 13.3. The van der Waals surface area contributed by atoms with Gasteiger partial charge in [0, 0.05) is 17.6 Å². The third-order valence-electron chi connectivity index (χ3n) is 5.14. The number of aromatic nitrogens is 2. The van der Waals surface area contributed by atoms with Crippen LogP contribution in [0.25, 0.3) is 11.3 Å². The van der Waals surface area contributed by atoms with Crippen molar-refractivity contribution in [3.05, 3.63) is 53.7 Å².